The molecule has 0 atom stereocenters. The predicted molar refractivity (Wildman–Crippen MR) is 48.2 cm³/mol. The lowest BCUT2D eigenvalue weighted by Gasteiger charge is -1.98. The monoisotopic (exact) mass is 169 g/mol. The molecule has 0 saturated heterocycles. The van der Waals surface area contributed by atoms with Crippen molar-refractivity contribution in [2.24, 2.45) is 7.05 Å². The van der Waals surface area contributed by atoms with Crippen molar-refractivity contribution in [3.05, 3.63) is 5.69 Å². The molecule has 1 aromatic heterocycles. The first kappa shape index (κ1) is 8.90. The van der Waals surface area contributed by atoms with Crippen LogP contribution in [0.2, 0.25) is 0 Å². The Kier molecular flexibility index (Phi) is 2.58. The first-order valence-corrected chi connectivity index (χ1v) is 4.06. The van der Waals surface area contributed by atoms with Crippen LogP contribution < -0.4 is 10.5 Å². The summed E-state index contributed by atoms with van der Waals surface area (Å²) in [4.78, 5) is 0. The fourth-order valence-corrected chi connectivity index (χ4v) is 1.24. The van der Waals surface area contributed by atoms with Gasteiger partial charge in [0.05, 0.1) is 12.8 Å². The number of methoxy groups -OCH3 is 1. The van der Waals surface area contributed by atoms with E-state index in [1.165, 1.54) is 0 Å². The minimum absolute atomic E-state index is 0.651. The third kappa shape index (κ3) is 1.37. The Hall–Kier alpha value is -1.19. The van der Waals surface area contributed by atoms with Gasteiger partial charge >= 0.3 is 0 Å². The van der Waals surface area contributed by atoms with Gasteiger partial charge in [-0.1, -0.05) is 13.3 Å². The Morgan fingerprint density at radius 3 is 2.67 bits per heavy atom. The van der Waals surface area contributed by atoms with Crippen molar-refractivity contribution in [1.29, 1.82) is 0 Å². The summed E-state index contributed by atoms with van der Waals surface area (Å²) in [7, 11) is 3.43. The molecule has 0 spiro atoms. The van der Waals surface area contributed by atoms with Crippen LogP contribution in [0, 0.1) is 0 Å². The third-order valence-corrected chi connectivity index (χ3v) is 1.79. The maximum atomic E-state index is 5.79. The van der Waals surface area contributed by atoms with Crippen molar-refractivity contribution in [2.75, 3.05) is 12.8 Å². The van der Waals surface area contributed by atoms with E-state index in [1.54, 1.807) is 11.8 Å². The van der Waals surface area contributed by atoms with Gasteiger partial charge in [0.2, 0.25) is 5.88 Å². The van der Waals surface area contributed by atoms with Crippen LogP contribution >= 0.6 is 0 Å². The highest BCUT2D eigenvalue weighted by Crippen LogP contribution is 2.24. The number of aromatic nitrogens is 2. The Bertz CT molecular complexity index is 268. The summed E-state index contributed by atoms with van der Waals surface area (Å²) in [5.41, 5.74) is 7.39. The fourth-order valence-electron chi connectivity index (χ4n) is 1.24. The van der Waals surface area contributed by atoms with Gasteiger partial charge in [-0.2, -0.15) is 5.10 Å². The second-order valence-corrected chi connectivity index (χ2v) is 2.74. The zero-order valence-corrected chi connectivity index (χ0v) is 7.79. The molecule has 1 rings (SSSR count). The quantitative estimate of drug-likeness (QED) is 0.733. The van der Waals surface area contributed by atoms with E-state index in [2.05, 4.69) is 12.0 Å². The van der Waals surface area contributed by atoms with Crippen LogP contribution in [0.25, 0.3) is 0 Å². The maximum absolute atomic E-state index is 5.79. The largest absolute Gasteiger partial charge is 0.480 e. The molecule has 4 heteroatoms. The molecule has 4 nitrogen and oxygen atoms in total. The Morgan fingerprint density at radius 2 is 2.25 bits per heavy atom. The van der Waals surface area contributed by atoms with Gasteiger partial charge in [-0.25, -0.2) is 4.68 Å². The third-order valence-electron chi connectivity index (χ3n) is 1.79. The average molecular weight is 169 g/mol. The van der Waals surface area contributed by atoms with Gasteiger partial charge in [-0.05, 0) is 6.42 Å². The summed E-state index contributed by atoms with van der Waals surface area (Å²) in [6.07, 6.45) is 1.95. The van der Waals surface area contributed by atoms with E-state index >= 15 is 0 Å². The molecule has 0 bridgehead atoms. The standard InChI is InChI=1S/C8H15N3O/c1-4-5-6-7(9)8(12-3)11(2)10-6/h4-5,9H2,1-3H3. The molecule has 0 aromatic carbocycles. The summed E-state index contributed by atoms with van der Waals surface area (Å²) in [6.45, 7) is 2.10. The van der Waals surface area contributed by atoms with E-state index in [0.717, 1.165) is 18.5 Å². The van der Waals surface area contributed by atoms with Gasteiger partial charge in [0.25, 0.3) is 0 Å². The van der Waals surface area contributed by atoms with Crippen LogP contribution in [0.5, 0.6) is 5.88 Å². The molecule has 0 unspecified atom stereocenters. The highest BCUT2D eigenvalue weighted by atomic mass is 16.5. The van der Waals surface area contributed by atoms with Crippen LogP contribution in [-0.2, 0) is 13.5 Å². The lowest BCUT2D eigenvalue weighted by atomic mass is 10.2. The molecule has 0 saturated carbocycles. The van der Waals surface area contributed by atoms with E-state index in [-0.39, 0.29) is 0 Å². The number of aryl methyl sites for hydroxylation is 2. The molecular weight excluding hydrogens is 154 g/mol. The highest BCUT2D eigenvalue weighted by molar-refractivity contribution is 5.52. The van der Waals surface area contributed by atoms with Crippen LogP contribution in [0.4, 0.5) is 5.69 Å². The Morgan fingerprint density at radius 1 is 1.58 bits per heavy atom. The minimum atomic E-state index is 0.651. The van der Waals surface area contributed by atoms with Crippen molar-refractivity contribution in [3.8, 4) is 5.88 Å². The van der Waals surface area contributed by atoms with Crippen molar-refractivity contribution < 1.29 is 4.74 Å². The number of hydrogen-bond acceptors (Lipinski definition) is 3. The van der Waals surface area contributed by atoms with Gasteiger partial charge in [0.1, 0.15) is 5.69 Å². The van der Waals surface area contributed by atoms with Gasteiger partial charge in [-0.3, -0.25) is 0 Å². The van der Waals surface area contributed by atoms with Crippen molar-refractivity contribution in [3.63, 3.8) is 0 Å². The average Bonchev–Trinajstić information content (AvgIpc) is 2.29. The smallest absolute Gasteiger partial charge is 0.235 e. The molecule has 2 N–H and O–H groups in total. The summed E-state index contributed by atoms with van der Waals surface area (Å²) < 4.78 is 6.75. The first-order chi connectivity index (χ1) is 5.70. The Balaban J connectivity index is 3.00. The van der Waals surface area contributed by atoms with Crippen LogP contribution in [0.15, 0.2) is 0 Å². The van der Waals surface area contributed by atoms with E-state index in [4.69, 9.17) is 10.5 Å². The molecule has 0 aliphatic rings. The molecule has 1 aromatic rings. The molecular formula is C8H15N3O. The zero-order chi connectivity index (χ0) is 9.14. The zero-order valence-electron chi connectivity index (χ0n) is 7.79. The number of rotatable bonds is 3. The van der Waals surface area contributed by atoms with E-state index in [1.807, 2.05) is 7.05 Å². The lowest BCUT2D eigenvalue weighted by Crippen LogP contribution is -1.96. The van der Waals surface area contributed by atoms with Crippen LogP contribution in [0.3, 0.4) is 0 Å². The van der Waals surface area contributed by atoms with E-state index in [0.29, 0.717) is 11.6 Å². The number of hydrogen-bond donors (Lipinski definition) is 1. The van der Waals surface area contributed by atoms with Crippen molar-refractivity contribution >= 4 is 5.69 Å². The van der Waals surface area contributed by atoms with Gasteiger partial charge < -0.3 is 10.5 Å². The van der Waals surface area contributed by atoms with Gasteiger partial charge in [0.15, 0.2) is 0 Å². The molecule has 12 heavy (non-hydrogen) atoms. The minimum Gasteiger partial charge on any atom is -0.480 e. The maximum Gasteiger partial charge on any atom is 0.235 e. The van der Waals surface area contributed by atoms with Crippen molar-refractivity contribution in [2.45, 2.75) is 19.8 Å². The van der Waals surface area contributed by atoms with Gasteiger partial charge in [0, 0.05) is 7.05 Å². The number of nitrogens with zero attached hydrogens (tertiary/aromatic N) is 2. The first-order valence-electron chi connectivity index (χ1n) is 4.06. The number of anilines is 1. The molecule has 0 amide bonds. The summed E-state index contributed by atoms with van der Waals surface area (Å²) in [6, 6.07) is 0. The molecule has 0 aliphatic carbocycles. The number of nitrogens with two attached hydrogens (primary N) is 1. The number of nitrogen functional groups attached to an aromatic ring is 1. The summed E-state index contributed by atoms with van der Waals surface area (Å²) in [5.74, 6) is 0.651. The molecule has 68 valence electrons. The predicted octanol–water partition coefficient (Wildman–Crippen LogP) is 0.963. The molecule has 1 heterocycles. The molecule has 0 aliphatic heterocycles. The molecule has 0 radical (unpaired) electrons. The lowest BCUT2D eigenvalue weighted by molar-refractivity contribution is 0.375. The normalized spacial score (nSPS) is 10.2. The van der Waals surface area contributed by atoms with E-state index < -0.39 is 0 Å². The Labute approximate surface area is 72.3 Å². The van der Waals surface area contributed by atoms with Crippen LogP contribution in [-0.4, -0.2) is 16.9 Å². The molecule has 0 fully saturated rings. The second kappa shape index (κ2) is 3.47. The fraction of sp³-hybridized carbons (Fsp3) is 0.625. The SMILES string of the molecule is CCCc1nn(C)c(OC)c1N. The van der Waals surface area contributed by atoms with Gasteiger partial charge in [-0.15, -0.1) is 0 Å². The van der Waals surface area contributed by atoms with Crippen LogP contribution in [0.1, 0.15) is 19.0 Å². The van der Waals surface area contributed by atoms with E-state index in [9.17, 15) is 0 Å². The van der Waals surface area contributed by atoms with Crippen molar-refractivity contribution in [1.82, 2.24) is 9.78 Å². The topological polar surface area (TPSA) is 53.1 Å². The second-order valence-electron chi connectivity index (χ2n) is 2.74. The summed E-state index contributed by atoms with van der Waals surface area (Å²) >= 11 is 0. The number of ether oxygens (including phenoxy) is 1. The highest BCUT2D eigenvalue weighted by Gasteiger charge is 2.11. The summed E-state index contributed by atoms with van der Waals surface area (Å²) in [5, 5.41) is 4.24.